The van der Waals surface area contributed by atoms with Crippen LogP contribution in [0.4, 0.5) is 0 Å². The number of aliphatic hydroxyl groups excluding tert-OH is 1. The molecule has 27 heavy (non-hydrogen) atoms. The van der Waals surface area contributed by atoms with Gasteiger partial charge in [-0.05, 0) is 23.1 Å². The van der Waals surface area contributed by atoms with Crippen LogP contribution in [-0.4, -0.2) is 32.5 Å². The monoisotopic (exact) mass is 365 g/mol. The summed E-state index contributed by atoms with van der Waals surface area (Å²) >= 11 is 0. The summed E-state index contributed by atoms with van der Waals surface area (Å²) in [5, 5.41) is 10.7. The van der Waals surface area contributed by atoms with Crippen molar-refractivity contribution in [1.82, 2.24) is 14.3 Å². The number of pyridine rings is 1. The predicted molar refractivity (Wildman–Crippen MR) is 108 cm³/mol. The molecular weight excluding hydrogens is 338 g/mol. The van der Waals surface area contributed by atoms with Gasteiger partial charge in [0.15, 0.2) is 0 Å². The molecule has 0 radical (unpaired) electrons. The minimum Gasteiger partial charge on any atom is -0.387 e. The number of benzene rings is 1. The molecule has 0 spiro atoms. The Balaban J connectivity index is 1.84. The van der Waals surface area contributed by atoms with Gasteiger partial charge in [0.25, 0.3) is 5.56 Å². The summed E-state index contributed by atoms with van der Waals surface area (Å²) in [5.41, 5.74) is 2.22. The topological polar surface area (TPSA) is 57.8 Å². The van der Waals surface area contributed by atoms with Crippen LogP contribution in [0.3, 0.4) is 0 Å². The number of aromatic nitrogens is 2. The molecule has 0 bridgehead atoms. The van der Waals surface area contributed by atoms with Gasteiger partial charge in [0.1, 0.15) is 5.65 Å². The third kappa shape index (κ3) is 5.25. The average molecular weight is 365 g/mol. The molecule has 1 N–H and O–H groups in total. The summed E-state index contributed by atoms with van der Waals surface area (Å²) in [6.07, 6.45) is 1.13. The number of nitrogens with zero attached hydrogens (tertiary/aromatic N) is 3. The molecule has 0 saturated heterocycles. The van der Waals surface area contributed by atoms with E-state index in [1.54, 1.807) is 12.3 Å². The smallest absolute Gasteiger partial charge is 0.258 e. The van der Waals surface area contributed by atoms with Gasteiger partial charge in [0.05, 0.1) is 11.8 Å². The summed E-state index contributed by atoms with van der Waals surface area (Å²) in [7, 11) is 0. The fraction of sp³-hybridized carbons (Fsp3) is 0.364. The molecular formula is C22H27N3O2. The van der Waals surface area contributed by atoms with Crippen molar-refractivity contribution in [2.75, 3.05) is 13.1 Å². The third-order valence-electron chi connectivity index (χ3n) is 4.32. The Labute approximate surface area is 159 Å². The first-order chi connectivity index (χ1) is 12.8. The van der Waals surface area contributed by atoms with Crippen molar-refractivity contribution in [2.24, 2.45) is 5.41 Å². The van der Waals surface area contributed by atoms with E-state index in [4.69, 9.17) is 0 Å². The van der Waals surface area contributed by atoms with Crippen LogP contribution in [0, 0.1) is 5.41 Å². The van der Waals surface area contributed by atoms with E-state index in [0.717, 1.165) is 17.8 Å². The number of rotatable bonds is 6. The molecule has 2 heterocycles. The van der Waals surface area contributed by atoms with Crippen LogP contribution >= 0.6 is 0 Å². The molecule has 0 amide bonds. The van der Waals surface area contributed by atoms with Crippen LogP contribution in [0.1, 0.15) is 38.1 Å². The lowest BCUT2D eigenvalue weighted by molar-refractivity contribution is 0.0865. The lowest BCUT2D eigenvalue weighted by atomic mass is 9.95. The number of fused-ring (bicyclic) bond motifs is 1. The van der Waals surface area contributed by atoms with Gasteiger partial charge < -0.3 is 5.11 Å². The first kappa shape index (κ1) is 19.3. The van der Waals surface area contributed by atoms with E-state index in [2.05, 4.69) is 30.7 Å². The second kappa shape index (κ2) is 8.03. The predicted octanol–water partition coefficient (Wildman–Crippen LogP) is 3.28. The largest absolute Gasteiger partial charge is 0.387 e. The Morgan fingerprint density at radius 3 is 2.52 bits per heavy atom. The van der Waals surface area contributed by atoms with Gasteiger partial charge in [-0.3, -0.25) is 14.1 Å². The van der Waals surface area contributed by atoms with Crippen molar-refractivity contribution in [3.8, 4) is 0 Å². The molecule has 5 heteroatoms. The molecule has 1 aromatic carbocycles. The zero-order valence-corrected chi connectivity index (χ0v) is 16.2. The first-order valence-electron chi connectivity index (χ1n) is 9.24. The minimum atomic E-state index is -0.588. The zero-order chi connectivity index (χ0) is 19.4. The highest BCUT2D eigenvalue weighted by atomic mass is 16.3. The molecule has 0 fully saturated rings. The van der Waals surface area contributed by atoms with Crippen molar-refractivity contribution in [2.45, 2.75) is 33.4 Å². The van der Waals surface area contributed by atoms with E-state index in [0.29, 0.717) is 18.7 Å². The van der Waals surface area contributed by atoms with E-state index in [9.17, 15) is 9.90 Å². The van der Waals surface area contributed by atoms with Crippen LogP contribution in [0.5, 0.6) is 0 Å². The van der Waals surface area contributed by atoms with E-state index in [1.807, 2.05) is 48.5 Å². The van der Waals surface area contributed by atoms with E-state index in [1.165, 1.54) is 4.40 Å². The molecule has 5 nitrogen and oxygen atoms in total. The van der Waals surface area contributed by atoms with Gasteiger partial charge in [0, 0.05) is 31.9 Å². The molecule has 1 atom stereocenters. The molecule has 142 valence electrons. The fourth-order valence-electron chi connectivity index (χ4n) is 3.29. The van der Waals surface area contributed by atoms with Crippen molar-refractivity contribution in [3.05, 3.63) is 82.4 Å². The van der Waals surface area contributed by atoms with Crippen molar-refractivity contribution < 1.29 is 5.11 Å². The number of aliphatic hydroxyl groups is 1. The minimum absolute atomic E-state index is 0.0578. The van der Waals surface area contributed by atoms with Crippen LogP contribution in [0.15, 0.2) is 65.6 Å². The van der Waals surface area contributed by atoms with Gasteiger partial charge >= 0.3 is 0 Å². The molecule has 3 rings (SSSR count). The quantitative estimate of drug-likeness (QED) is 0.728. The van der Waals surface area contributed by atoms with E-state index in [-0.39, 0.29) is 11.0 Å². The zero-order valence-electron chi connectivity index (χ0n) is 16.2. The van der Waals surface area contributed by atoms with Crippen molar-refractivity contribution in [1.29, 1.82) is 0 Å². The molecule has 0 saturated carbocycles. The van der Waals surface area contributed by atoms with Gasteiger partial charge in [-0.25, -0.2) is 4.98 Å². The second-order valence-electron chi connectivity index (χ2n) is 8.17. The maximum atomic E-state index is 12.4. The average Bonchev–Trinajstić information content (AvgIpc) is 2.61. The van der Waals surface area contributed by atoms with Crippen LogP contribution in [0.2, 0.25) is 0 Å². The maximum absolute atomic E-state index is 12.4. The highest BCUT2D eigenvalue weighted by molar-refractivity contribution is 5.38. The summed E-state index contributed by atoms with van der Waals surface area (Å²) in [5.74, 6) is 0. The van der Waals surface area contributed by atoms with Gasteiger partial charge in [-0.15, -0.1) is 0 Å². The van der Waals surface area contributed by atoms with Crippen LogP contribution in [-0.2, 0) is 6.54 Å². The summed E-state index contributed by atoms with van der Waals surface area (Å²) in [6, 6.07) is 16.8. The summed E-state index contributed by atoms with van der Waals surface area (Å²) < 4.78 is 1.54. The lowest BCUT2D eigenvalue weighted by Gasteiger charge is -2.31. The lowest BCUT2D eigenvalue weighted by Crippen LogP contribution is -2.36. The van der Waals surface area contributed by atoms with E-state index >= 15 is 0 Å². The van der Waals surface area contributed by atoms with Crippen LogP contribution < -0.4 is 5.56 Å². The van der Waals surface area contributed by atoms with Gasteiger partial charge in [0.2, 0.25) is 0 Å². The number of hydrogen-bond donors (Lipinski definition) is 1. The SMILES string of the molecule is CC(C)(C)CN(Cc1cc(=O)n2ccccc2n1)CC(O)c1ccccc1. The number of hydrogen-bond acceptors (Lipinski definition) is 4. The molecule has 1 unspecified atom stereocenters. The maximum Gasteiger partial charge on any atom is 0.258 e. The fourth-order valence-corrected chi connectivity index (χ4v) is 3.29. The normalized spacial score (nSPS) is 13.2. The molecule has 2 aromatic heterocycles. The standard InChI is InChI=1S/C22H27N3O2/c1-22(2,3)16-24(15-19(26)17-9-5-4-6-10-17)14-18-13-21(27)25-12-8-7-11-20(25)23-18/h4-13,19,26H,14-16H2,1-3H3. The van der Waals surface area contributed by atoms with Crippen molar-refractivity contribution in [3.63, 3.8) is 0 Å². The third-order valence-corrected chi connectivity index (χ3v) is 4.32. The summed E-state index contributed by atoms with van der Waals surface area (Å²) in [6.45, 7) is 8.28. The van der Waals surface area contributed by atoms with Crippen molar-refractivity contribution >= 4 is 5.65 Å². The van der Waals surface area contributed by atoms with Crippen LogP contribution in [0.25, 0.3) is 5.65 Å². The Morgan fingerprint density at radius 2 is 1.81 bits per heavy atom. The molecule has 0 aliphatic heterocycles. The highest BCUT2D eigenvalue weighted by Crippen LogP contribution is 2.20. The Morgan fingerprint density at radius 1 is 1.11 bits per heavy atom. The van der Waals surface area contributed by atoms with Gasteiger partial charge in [-0.2, -0.15) is 0 Å². The summed E-state index contributed by atoms with van der Waals surface area (Å²) in [4.78, 5) is 19.2. The molecule has 3 aromatic rings. The molecule has 0 aliphatic rings. The molecule has 0 aliphatic carbocycles. The highest BCUT2D eigenvalue weighted by Gasteiger charge is 2.21. The Hall–Kier alpha value is -2.50. The Kier molecular flexibility index (Phi) is 5.73. The van der Waals surface area contributed by atoms with E-state index < -0.39 is 6.10 Å². The Bertz CT molecular complexity index is 945. The first-order valence-corrected chi connectivity index (χ1v) is 9.24. The second-order valence-corrected chi connectivity index (χ2v) is 8.17. The van der Waals surface area contributed by atoms with Gasteiger partial charge in [-0.1, -0.05) is 57.2 Å².